The van der Waals surface area contributed by atoms with Gasteiger partial charge in [-0.25, -0.2) is 4.79 Å². The highest BCUT2D eigenvalue weighted by atomic mass is 35.5. The minimum Gasteiger partial charge on any atom is -0.461 e. The van der Waals surface area contributed by atoms with Crippen LogP contribution in [-0.4, -0.2) is 30.6 Å². The monoisotopic (exact) mass is 294 g/mol. The molecule has 0 saturated carbocycles. The van der Waals surface area contributed by atoms with Gasteiger partial charge in [0.2, 0.25) is 0 Å². The molecule has 1 heterocycles. The van der Waals surface area contributed by atoms with Crippen LogP contribution in [0.3, 0.4) is 0 Å². The van der Waals surface area contributed by atoms with Gasteiger partial charge in [0.05, 0.1) is 5.56 Å². The molecule has 6 heteroatoms. The molecule has 1 N–H and O–H groups in total. The van der Waals surface area contributed by atoms with Gasteiger partial charge in [-0.05, 0) is 25.1 Å². The third-order valence-corrected chi connectivity index (χ3v) is 2.12. The van der Waals surface area contributed by atoms with Crippen molar-refractivity contribution in [2.45, 2.75) is 19.8 Å². The number of rotatable bonds is 7. The molecule has 0 amide bonds. The molecule has 1 aromatic heterocycles. The number of halogens is 2. The van der Waals surface area contributed by atoms with Crippen molar-refractivity contribution in [2.24, 2.45) is 0 Å². The van der Waals surface area contributed by atoms with Gasteiger partial charge >= 0.3 is 5.97 Å². The molecule has 1 rings (SSSR count). The highest BCUT2D eigenvalue weighted by Crippen LogP contribution is 1.97. The second-order valence-corrected chi connectivity index (χ2v) is 3.48. The van der Waals surface area contributed by atoms with E-state index in [-0.39, 0.29) is 30.8 Å². The molecular formula is C12H20Cl2N2O2. The molecule has 104 valence electrons. The number of carbonyl (C=O) groups excluding carboxylic acids is 1. The molecule has 0 atom stereocenters. The fraction of sp³-hybridized carbons (Fsp3) is 0.500. The molecule has 0 aromatic carbocycles. The van der Waals surface area contributed by atoms with Gasteiger partial charge in [0.25, 0.3) is 0 Å². The lowest BCUT2D eigenvalue weighted by atomic mass is 10.3. The Balaban J connectivity index is 0. The predicted molar refractivity (Wildman–Crippen MR) is 76.8 cm³/mol. The van der Waals surface area contributed by atoms with Gasteiger partial charge in [-0.3, -0.25) is 4.98 Å². The second-order valence-electron chi connectivity index (χ2n) is 3.48. The van der Waals surface area contributed by atoms with E-state index >= 15 is 0 Å². The Labute approximate surface area is 120 Å². The molecule has 0 radical (unpaired) electrons. The van der Waals surface area contributed by atoms with E-state index in [0.717, 1.165) is 13.0 Å². The van der Waals surface area contributed by atoms with E-state index in [1.807, 2.05) is 0 Å². The Hall–Kier alpha value is -0.840. The third kappa shape index (κ3) is 8.28. The number of aromatic nitrogens is 1. The van der Waals surface area contributed by atoms with Crippen LogP contribution < -0.4 is 5.32 Å². The molecule has 1 aromatic rings. The lowest BCUT2D eigenvalue weighted by Crippen LogP contribution is -2.22. The van der Waals surface area contributed by atoms with Crippen LogP contribution in [0.25, 0.3) is 0 Å². The number of hydrogen-bond donors (Lipinski definition) is 1. The fourth-order valence-electron chi connectivity index (χ4n) is 1.21. The zero-order valence-corrected chi connectivity index (χ0v) is 12.1. The molecule has 4 nitrogen and oxygen atoms in total. The minimum atomic E-state index is -0.314. The first-order valence-electron chi connectivity index (χ1n) is 5.62. The molecule has 0 aliphatic heterocycles. The number of carbonyl (C=O) groups is 1. The van der Waals surface area contributed by atoms with Gasteiger partial charge < -0.3 is 10.1 Å². The summed E-state index contributed by atoms with van der Waals surface area (Å²) in [6, 6.07) is 3.41. The van der Waals surface area contributed by atoms with E-state index in [1.165, 1.54) is 12.6 Å². The largest absolute Gasteiger partial charge is 0.461 e. The summed E-state index contributed by atoms with van der Waals surface area (Å²) in [5, 5.41) is 3.20. The second kappa shape index (κ2) is 12.6. The summed E-state index contributed by atoms with van der Waals surface area (Å²) >= 11 is 0. The van der Waals surface area contributed by atoms with Crippen LogP contribution in [0.1, 0.15) is 30.1 Å². The summed E-state index contributed by atoms with van der Waals surface area (Å²) in [5.41, 5.74) is 0.496. The highest BCUT2D eigenvalue weighted by Gasteiger charge is 2.05. The van der Waals surface area contributed by atoms with Crippen LogP contribution in [0.5, 0.6) is 0 Å². The predicted octanol–water partition coefficient (Wildman–Crippen LogP) is 2.47. The molecule has 0 aliphatic carbocycles. The lowest BCUT2D eigenvalue weighted by Gasteiger charge is -2.05. The first-order valence-corrected chi connectivity index (χ1v) is 5.62. The standard InChI is InChI=1S/C12H18N2O2.2ClH/c1-2-3-6-13-8-9-16-12(15)11-5-4-7-14-10-11;;/h4-5,7,10,13H,2-3,6,8-9H2,1H3;2*1H. The van der Waals surface area contributed by atoms with Crippen molar-refractivity contribution in [2.75, 3.05) is 19.7 Å². The highest BCUT2D eigenvalue weighted by molar-refractivity contribution is 5.88. The molecule has 0 fully saturated rings. The maximum atomic E-state index is 11.4. The van der Waals surface area contributed by atoms with E-state index in [0.29, 0.717) is 18.7 Å². The van der Waals surface area contributed by atoms with Gasteiger partial charge in [0.1, 0.15) is 6.61 Å². The van der Waals surface area contributed by atoms with Crippen molar-refractivity contribution in [3.63, 3.8) is 0 Å². The van der Waals surface area contributed by atoms with E-state index in [2.05, 4.69) is 17.2 Å². The number of hydrogen-bond acceptors (Lipinski definition) is 4. The maximum absolute atomic E-state index is 11.4. The number of unbranched alkanes of at least 4 members (excludes halogenated alkanes) is 1. The molecule has 0 bridgehead atoms. The summed E-state index contributed by atoms with van der Waals surface area (Å²) in [6.07, 6.45) is 5.45. The zero-order valence-electron chi connectivity index (χ0n) is 10.4. The minimum absolute atomic E-state index is 0. The average Bonchev–Trinajstić information content (AvgIpc) is 2.34. The number of pyridine rings is 1. The number of nitrogens with one attached hydrogen (secondary N) is 1. The molecule has 0 aliphatic rings. The first kappa shape index (κ1) is 19.5. The van der Waals surface area contributed by atoms with E-state index in [4.69, 9.17) is 4.74 Å². The SMILES string of the molecule is CCCCNCCOC(=O)c1cccnc1.Cl.Cl. The Morgan fingerprint density at radius 2 is 2.17 bits per heavy atom. The lowest BCUT2D eigenvalue weighted by molar-refractivity contribution is 0.0508. The van der Waals surface area contributed by atoms with E-state index in [9.17, 15) is 4.79 Å². The third-order valence-electron chi connectivity index (χ3n) is 2.12. The van der Waals surface area contributed by atoms with Crippen LogP contribution >= 0.6 is 24.8 Å². The summed E-state index contributed by atoms with van der Waals surface area (Å²) in [7, 11) is 0. The molecule has 18 heavy (non-hydrogen) atoms. The quantitative estimate of drug-likeness (QED) is 0.620. The summed E-state index contributed by atoms with van der Waals surface area (Å²) < 4.78 is 5.07. The van der Waals surface area contributed by atoms with Crippen molar-refractivity contribution >= 4 is 30.8 Å². The molecule has 0 unspecified atom stereocenters. The number of ether oxygens (including phenoxy) is 1. The van der Waals surface area contributed by atoms with Gasteiger partial charge in [0.15, 0.2) is 0 Å². The van der Waals surface area contributed by atoms with Crippen LogP contribution in [0.2, 0.25) is 0 Å². The maximum Gasteiger partial charge on any atom is 0.339 e. The van der Waals surface area contributed by atoms with Crippen molar-refractivity contribution in [1.29, 1.82) is 0 Å². The van der Waals surface area contributed by atoms with Crippen molar-refractivity contribution in [3.05, 3.63) is 30.1 Å². The normalized spacial score (nSPS) is 8.94. The Morgan fingerprint density at radius 3 is 2.78 bits per heavy atom. The topological polar surface area (TPSA) is 51.2 Å². The smallest absolute Gasteiger partial charge is 0.339 e. The number of nitrogens with zero attached hydrogens (tertiary/aromatic N) is 1. The number of esters is 1. The van der Waals surface area contributed by atoms with Gasteiger partial charge in [-0.2, -0.15) is 0 Å². The summed E-state index contributed by atoms with van der Waals surface area (Å²) in [4.78, 5) is 15.3. The Kier molecular flexibility index (Phi) is 13.7. The van der Waals surface area contributed by atoms with Crippen molar-refractivity contribution in [3.8, 4) is 0 Å². The van der Waals surface area contributed by atoms with Crippen LogP contribution in [0.4, 0.5) is 0 Å². The molecular weight excluding hydrogens is 275 g/mol. The van der Waals surface area contributed by atoms with Gasteiger partial charge in [-0.15, -0.1) is 24.8 Å². The summed E-state index contributed by atoms with van der Waals surface area (Å²) in [6.45, 7) is 4.22. The van der Waals surface area contributed by atoms with E-state index in [1.54, 1.807) is 18.3 Å². The molecule has 0 saturated heterocycles. The van der Waals surface area contributed by atoms with E-state index < -0.39 is 0 Å². The Morgan fingerprint density at radius 1 is 1.39 bits per heavy atom. The zero-order chi connectivity index (χ0) is 11.6. The van der Waals surface area contributed by atoms with Crippen LogP contribution in [0.15, 0.2) is 24.5 Å². The molecule has 0 spiro atoms. The fourth-order valence-corrected chi connectivity index (χ4v) is 1.21. The van der Waals surface area contributed by atoms with Gasteiger partial charge in [0, 0.05) is 18.9 Å². The average molecular weight is 295 g/mol. The van der Waals surface area contributed by atoms with Crippen LogP contribution in [-0.2, 0) is 4.74 Å². The van der Waals surface area contributed by atoms with Gasteiger partial charge in [-0.1, -0.05) is 13.3 Å². The first-order chi connectivity index (χ1) is 7.84. The van der Waals surface area contributed by atoms with Crippen LogP contribution in [0, 0.1) is 0 Å². The van der Waals surface area contributed by atoms with Crippen molar-refractivity contribution < 1.29 is 9.53 Å². The Bertz CT molecular complexity index is 310. The van der Waals surface area contributed by atoms with Crippen molar-refractivity contribution in [1.82, 2.24) is 10.3 Å². The summed E-state index contributed by atoms with van der Waals surface area (Å²) in [5.74, 6) is -0.314.